The Morgan fingerprint density at radius 1 is 1.47 bits per heavy atom. The van der Waals surface area contributed by atoms with Gasteiger partial charge in [0.25, 0.3) is 5.91 Å². The quantitative estimate of drug-likeness (QED) is 0.859. The standard InChI is InChI=1S/C11H11BrN2OS2/c1-3-14(2)11(15)8-6-17-10(13-8)9-4-7(12)5-16-9/h4-6H,3H2,1-2H3. The molecule has 17 heavy (non-hydrogen) atoms. The predicted molar refractivity (Wildman–Crippen MR) is 75.8 cm³/mol. The van der Waals surface area contributed by atoms with Crippen LogP contribution in [0.3, 0.4) is 0 Å². The molecule has 2 heterocycles. The minimum Gasteiger partial charge on any atom is -0.341 e. The first kappa shape index (κ1) is 12.7. The van der Waals surface area contributed by atoms with Crippen LogP contribution < -0.4 is 0 Å². The van der Waals surface area contributed by atoms with Crippen molar-refractivity contribution in [1.29, 1.82) is 0 Å². The highest BCUT2D eigenvalue weighted by molar-refractivity contribution is 9.10. The van der Waals surface area contributed by atoms with E-state index in [-0.39, 0.29) is 5.91 Å². The predicted octanol–water partition coefficient (Wildman–Crippen LogP) is 3.73. The zero-order valence-corrected chi connectivity index (χ0v) is 12.7. The van der Waals surface area contributed by atoms with Crippen LogP contribution in [0, 0.1) is 0 Å². The van der Waals surface area contributed by atoms with Gasteiger partial charge in [0, 0.05) is 28.8 Å². The van der Waals surface area contributed by atoms with Crippen molar-refractivity contribution >= 4 is 44.5 Å². The van der Waals surface area contributed by atoms with Crippen molar-refractivity contribution in [2.24, 2.45) is 0 Å². The average Bonchev–Trinajstić information content (AvgIpc) is 2.95. The summed E-state index contributed by atoms with van der Waals surface area (Å²) in [6, 6.07) is 2.02. The first-order valence-corrected chi connectivity index (χ1v) is 7.62. The molecule has 0 aliphatic heterocycles. The summed E-state index contributed by atoms with van der Waals surface area (Å²) >= 11 is 6.53. The van der Waals surface area contributed by atoms with Crippen LogP contribution in [0.25, 0.3) is 9.88 Å². The Balaban J connectivity index is 2.24. The van der Waals surface area contributed by atoms with E-state index in [4.69, 9.17) is 0 Å². The molecule has 0 aromatic carbocycles. The summed E-state index contributed by atoms with van der Waals surface area (Å²) in [5, 5.41) is 4.72. The number of hydrogen-bond acceptors (Lipinski definition) is 4. The fourth-order valence-corrected chi connectivity index (χ4v) is 3.55. The van der Waals surface area contributed by atoms with Crippen molar-refractivity contribution in [3.05, 3.63) is 27.0 Å². The SMILES string of the molecule is CCN(C)C(=O)c1csc(-c2cc(Br)cs2)n1. The Kier molecular flexibility index (Phi) is 3.96. The van der Waals surface area contributed by atoms with Crippen LogP contribution in [0.1, 0.15) is 17.4 Å². The third-order valence-electron chi connectivity index (χ3n) is 2.32. The molecule has 90 valence electrons. The third kappa shape index (κ3) is 2.75. The van der Waals surface area contributed by atoms with Gasteiger partial charge >= 0.3 is 0 Å². The number of hydrogen-bond donors (Lipinski definition) is 0. The second-order valence-corrected chi connectivity index (χ2v) is 6.17. The molecule has 0 spiro atoms. The van der Waals surface area contributed by atoms with Gasteiger partial charge in [0.1, 0.15) is 10.7 Å². The Bertz CT molecular complexity index is 535. The molecule has 0 atom stereocenters. The van der Waals surface area contributed by atoms with E-state index in [9.17, 15) is 4.79 Å². The lowest BCUT2D eigenvalue weighted by molar-refractivity contribution is 0.0797. The summed E-state index contributed by atoms with van der Waals surface area (Å²) in [6.07, 6.45) is 0. The lowest BCUT2D eigenvalue weighted by atomic mass is 10.4. The summed E-state index contributed by atoms with van der Waals surface area (Å²) < 4.78 is 1.05. The second kappa shape index (κ2) is 5.29. The topological polar surface area (TPSA) is 33.2 Å². The molecule has 0 aliphatic carbocycles. The molecule has 2 aromatic rings. The summed E-state index contributed by atoms with van der Waals surface area (Å²) in [5.74, 6) is -0.0226. The summed E-state index contributed by atoms with van der Waals surface area (Å²) in [5.41, 5.74) is 0.527. The molecular formula is C11H11BrN2OS2. The number of halogens is 1. The molecule has 2 aromatic heterocycles. The lowest BCUT2D eigenvalue weighted by Gasteiger charge is -2.11. The van der Waals surface area contributed by atoms with Crippen LogP contribution in [0.2, 0.25) is 0 Å². The van der Waals surface area contributed by atoms with Gasteiger partial charge in [0.2, 0.25) is 0 Å². The number of thiazole rings is 1. The number of carbonyl (C=O) groups excluding carboxylic acids is 1. The minimum absolute atomic E-state index is 0.0226. The van der Waals surface area contributed by atoms with Gasteiger partial charge in [-0.1, -0.05) is 0 Å². The first-order chi connectivity index (χ1) is 8.11. The van der Waals surface area contributed by atoms with Crippen LogP contribution in [-0.4, -0.2) is 29.4 Å². The fraction of sp³-hybridized carbons (Fsp3) is 0.273. The van der Waals surface area contributed by atoms with Gasteiger partial charge in [0.05, 0.1) is 4.88 Å². The Morgan fingerprint density at radius 2 is 2.24 bits per heavy atom. The summed E-state index contributed by atoms with van der Waals surface area (Å²) in [4.78, 5) is 19.0. The van der Waals surface area contributed by atoms with Crippen LogP contribution in [0.5, 0.6) is 0 Å². The minimum atomic E-state index is -0.0226. The van der Waals surface area contributed by atoms with E-state index in [2.05, 4.69) is 20.9 Å². The van der Waals surface area contributed by atoms with E-state index in [0.717, 1.165) is 14.4 Å². The van der Waals surface area contributed by atoms with Crippen molar-refractivity contribution in [2.75, 3.05) is 13.6 Å². The fourth-order valence-electron chi connectivity index (χ4n) is 1.25. The molecular weight excluding hydrogens is 320 g/mol. The van der Waals surface area contributed by atoms with Gasteiger partial charge in [-0.25, -0.2) is 4.98 Å². The number of aromatic nitrogens is 1. The number of thiophene rings is 1. The zero-order chi connectivity index (χ0) is 12.4. The maximum atomic E-state index is 11.9. The van der Waals surface area contributed by atoms with Gasteiger partial charge in [-0.2, -0.15) is 0 Å². The van der Waals surface area contributed by atoms with Crippen molar-refractivity contribution in [1.82, 2.24) is 9.88 Å². The van der Waals surface area contributed by atoms with Crippen molar-refractivity contribution in [3.8, 4) is 9.88 Å². The molecule has 0 saturated carbocycles. The molecule has 0 radical (unpaired) electrons. The van der Waals surface area contributed by atoms with E-state index < -0.39 is 0 Å². The van der Waals surface area contributed by atoms with Crippen LogP contribution in [0.15, 0.2) is 21.3 Å². The Morgan fingerprint density at radius 3 is 2.82 bits per heavy atom. The van der Waals surface area contributed by atoms with Crippen molar-refractivity contribution in [3.63, 3.8) is 0 Å². The second-order valence-electron chi connectivity index (χ2n) is 3.49. The molecule has 0 fully saturated rings. The normalized spacial score (nSPS) is 10.5. The molecule has 1 amide bonds. The molecule has 0 unspecified atom stereocenters. The summed E-state index contributed by atoms with van der Waals surface area (Å²) in [7, 11) is 1.78. The van der Waals surface area contributed by atoms with E-state index >= 15 is 0 Å². The molecule has 0 saturated heterocycles. The molecule has 0 N–H and O–H groups in total. The average molecular weight is 331 g/mol. The highest BCUT2D eigenvalue weighted by Crippen LogP contribution is 2.32. The smallest absolute Gasteiger partial charge is 0.273 e. The number of carbonyl (C=O) groups is 1. The van der Waals surface area contributed by atoms with E-state index in [1.807, 2.05) is 23.8 Å². The first-order valence-electron chi connectivity index (χ1n) is 5.07. The molecule has 0 aliphatic rings. The number of nitrogens with zero attached hydrogens (tertiary/aromatic N) is 2. The van der Waals surface area contributed by atoms with Gasteiger partial charge in [-0.05, 0) is 28.9 Å². The van der Waals surface area contributed by atoms with E-state index in [1.54, 1.807) is 23.3 Å². The lowest BCUT2D eigenvalue weighted by Crippen LogP contribution is -2.26. The Labute approximate surface area is 116 Å². The van der Waals surface area contributed by atoms with Crippen LogP contribution >= 0.6 is 38.6 Å². The molecule has 3 nitrogen and oxygen atoms in total. The molecule has 2 rings (SSSR count). The Hall–Kier alpha value is -0.720. The van der Waals surface area contributed by atoms with Gasteiger partial charge in [0.15, 0.2) is 0 Å². The van der Waals surface area contributed by atoms with Crippen LogP contribution in [-0.2, 0) is 0 Å². The van der Waals surface area contributed by atoms with Crippen LogP contribution in [0.4, 0.5) is 0 Å². The third-order valence-corrected chi connectivity index (χ3v) is 5.03. The zero-order valence-electron chi connectivity index (χ0n) is 9.44. The van der Waals surface area contributed by atoms with Crippen molar-refractivity contribution in [2.45, 2.75) is 6.92 Å². The maximum absolute atomic E-state index is 11.9. The van der Waals surface area contributed by atoms with Gasteiger partial charge in [-0.3, -0.25) is 4.79 Å². The maximum Gasteiger partial charge on any atom is 0.273 e. The number of rotatable bonds is 3. The van der Waals surface area contributed by atoms with Crippen molar-refractivity contribution < 1.29 is 4.79 Å². The summed E-state index contributed by atoms with van der Waals surface area (Å²) in [6.45, 7) is 2.64. The number of amides is 1. The van der Waals surface area contributed by atoms with E-state index in [1.165, 1.54) is 11.3 Å². The highest BCUT2D eigenvalue weighted by Gasteiger charge is 2.15. The molecule has 0 bridgehead atoms. The largest absolute Gasteiger partial charge is 0.341 e. The van der Waals surface area contributed by atoms with Gasteiger partial charge in [-0.15, -0.1) is 22.7 Å². The van der Waals surface area contributed by atoms with Gasteiger partial charge < -0.3 is 4.90 Å². The highest BCUT2D eigenvalue weighted by atomic mass is 79.9. The monoisotopic (exact) mass is 330 g/mol. The van der Waals surface area contributed by atoms with E-state index in [0.29, 0.717) is 12.2 Å². The molecule has 6 heteroatoms.